The molecule has 0 aliphatic rings. The second kappa shape index (κ2) is 5.40. The van der Waals surface area contributed by atoms with Crippen LogP contribution in [0.25, 0.3) is 0 Å². The molecule has 0 aliphatic heterocycles. The quantitative estimate of drug-likeness (QED) is 0.279. The molecule has 0 spiro atoms. The van der Waals surface area contributed by atoms with Crippen LogP contribution in [-0.2, 0) is 0 Å². The van der Waals surface area contributed by atoms with Crippen molar-refractivity contribution >= 4 is 23.3 Å². The number of nitrogens with one attached hydrogen (secondary N) is 1. The molecule has 7 heteroatoms. The Bertz CT molecular complexity index is 462. The third-order valence-electron chi connectivity index (χ3n) is 2.10. The Morgan fingerprint density at radius 2 is 2.24 bits per heavy atom. The standard InChI is InChI=1S/C10H12ClN3O3/c1-5(9(12)14-17)13-10(16)7-4-6(15)2-3-8(7)11/h2-5,15,17H,1H3,(H2,12,14)(H,13,16). The summed E-state index contributed by atoms with van der Waals surface area (Å²) in [6, 6.07) is 3.36. The first-order valence-corrected chi connectivity index (χ1v) is 5.10. The lowest BCUT2D eigenvalue weighted by atomic mass is 10.2. The van der Waals surface area contributed by atoms with Gasteiger partial charge in [0.1, 0.15) is 5.75 Å². The predicted octanol–water partition coefficient (Wildman–Crippen LogP) is 0.910. The van der Waals surface area contributed by atoms with Crippen molar-refractivity contribution in [1.82, 2.24) is 5.32 Å². The fourth-order valence-corrected chi connectivity index (χ4v) is 1.33. The molecule has 0 saturated carbocycles. The fourth-order valence-electron chi connectivity index (χ4n) is 1.12. The van der Waals surface area contributed by atoms with Crippen molar-refractivity contribution in [3.63, 3.8) is 0 Å². The molecule has 0 aromatic heterocycles. The molecule has 1 aromatic carbocycles. The Balaban J connectivity index is 2.87. The Kier molecular flexibility index (Phi) is 4.17. The van der Waals surface area contributed by atoms with Crippen molar-refractivity contribution in [2.75, 3.05) is 0 Å². The van der Waals surface area contributed by atoms with E-state index in [1.165, 1.54) is 18.2 Å². The van der Waals surface area contributed by atoms with Crippen LogP contribution in [0.4, 0.5) is 0 Å². The highest BCUT2D eigenvalue weighted by Gasteiger charge is 2.15. The van der Waals surface area contributed by atoms with Gasteiger partial charge in [-0.05, 0) is 25.1 Å². The molecule has 0 bridgehead atoms. The molecule has 1 unspecified atom stereocenters. The average Bonchev–Trinajstić information content (AvgIpc) is 2.30. The molecule has 1 amide bonds. The van der Waals surface area contributed by atoms with Crippen molar-refractivity contribution in [2.24, 2.45) is 10.9 Å². The highest BCUT2D eigenvalue weighted by Crippen LogP contribution is 2.20. The zero-order valence-electron chi connectivity index (χ0n) is 9.01. The Morgan fingerprint density at radius 1 is 1.59 bits per heavy atom. The van der Waals surface area contributed by atoms with Crippen LogP contribution >= 0.6 is 11.6 Å². The first-order chi connectivity index (χ1) is 7.95. The maximum atomic E-state index is 11.7. The summed E-state index contributed by atoms with van der Waals surface area (Å²) in [7, 11) is 0. The normalized spacial score (nSPS) is 13.2. The number of phenols is 1. The molecule has 0 heterocycles. The van der Waals surface area contributed by atoms with Crippen molar-refractivity contribution in [1.29, 1.82) is 0 Å². The third kappa shape index (κ3) is 3.25. The van der Waals surface area contributed by atoms with Crippen LogP contribution in [0.5, 0.6) is 5.75 Å². The van der Waals surface area contributed by atoms with E-state index in [1.54, 1.807) is 6.92 Å². The molecule has 92 valence electrons. The van der Waals surface area contributed by atoms with Gasteiger partial charge in [-0.1, -0.05) is 16.8 Å². The zero-order valence-corrected chi connectivity index (χ0v) is 9.77. The summed E-state index contributed by atoms with van der Waals surface area (Å²) in [4.78, 5) is 11.7. The molecule has 1 aromatic rings. The number of amides is 1. The van der Waals surface area contributed by atoms with Crippen LogP contribution in [0.3, 0.4) is 0 Å². The number of hydrogen-bond donors (Lipinski definition) is 4. The molecule has 0 aliphatic carbocycles. The second-order valence-electron chi connectivity index (χ2n) is 3.38. The van der Waals surface area contributed by atoms with Crippen molar-refractivity contribution < 1.29 is 15.1 Å². The largest absolute Gasteiger partial charge is 0.508 e. The van der Waals surface area contributed by atoms with Crippen LogP contribution in [0.2, 0.25) is 5.02 Å². The Morgan fingerprint density at radius 3 is 2.82 bits per heavy atom. The summed E-state index contributed by atoms with van der Waals surface area (Å²) in [6.07, 6.45) is 0. The maximum absolute atomic E-state index is 11.7. The van der Waals surface area contributed by atoms with E-state index < -0.39 is 11.9 Å². The van der Waals surface area contributed by atoms with Gasteiger partial charge in [0.25, 0.3) is 5.91 Å². The minimum absolute atomic E-state index is 0.0731. The van der Waals surface area contributed by atoms with Crippen LogP contribution in [-0.4, -0.2) is 28.1 Å². The summed E-state index contributed by atoms with van der Waals surface area (Å²) < 4.78 is 0. The van der Waals surface area contributed by atoms with Crippen molar-refractivity contribution in [3.05, 3.63) is 28.8 Å². The molecule has 5 N–H and O–H groups in total. The summed E-state index contributed by atoms with van der Waals surface area (Å²) in [6.45, 7) is 1.55. The molecule has 1 rings (SSSR count). The molecule has 17 heavy (non-hydrogen) atoms. The monoisotopic (exact) mass is 257 g/mol. The number of nitrogens with zero attached hydrogens (tertiary/aromatic N) is 1. The van der Waals surface area contributed by atoms with Gasteiger partial charge in [-0.2, -0.15) is 0 Å². The van der Waals surface area contributed by atoms with E-state index in [-0.39, 0.29) is 22.2 Å². The summed E-state index contributed by atoms with van der Waals surface area (Å²) in [5, 5.41) is 23.1. The first-order valence-electron chi connectivity index (χ1n) is 4.72. The second-order valence-corrected chi connectivity index (χ2v) is 3.79. The number of phenolic OH excluding ortho intramolecular Hbond substituents is 1. The van der Waals surface area contributed by atoms with Gasteiger partial charge in [-0.15, -0.1) is 0 Å². The molecule has 0 radical (unpaired) electrons. The van der Waals surface area contributed by atoms with Gasteiger partial charge in [-0.25, -0.2) is 0 Å². The number of rotatable bonds is 3. The highest BCUT2D eigenvalue weighted by molar-refractivity contribution is 6.34. The van der Waals surface area contributed by atoms with Crippen LogP contribution in [0.1, 0.15) is 17.3 Å². The van der Waals surface area contributed by atoms with Gasteiger partial charge in [-0.3, -0.25) is 4.79 Å². The van der Waals surface area contributed by atoms with E-state index in [4.69, 9.17) is 22.5 Å². The van der Waals surface area contributed by atoms with Crippen molar-refractivity contribution in [2.45, 2.75) is 13.0 Å². The van der Waals surface area contributed by atoms with Crippen LogP contribution in [0.15, 0.2) is 23.4 Å². The van der Waals surface area contributed by atoms with E-state index in [0.29, 0.717) is 0 Å². The van der Waals surface area contributed by atoms with Gasteiger partial charge in [0.2, 0.25) is 0 Å². The van der Waals surface area contributed by atoms with E-state index >= 15 is 0 Å². The number of oxime groups is 1. The lowest BCUT2D eigenvalue weighted by molar-refractivity contribution is 0.0948. The average molecular weight is 258 g/mol. The molecule has 0 fully saturated rings. The van der Waals surface area contributed by atoms with E-state index in [2.05, 4.69) is 10.5 Å². The third-order valence-corrected chi connectivity index (χ3v) is 2.43. The molecular weight excluding hydrogens is 246 g/mol. The van der Waals surface area contributed by atoms with Crippen LogP contribution < -0.4 is 11.1 Å². The van der Waals surface area contributed by atoms with Crippen LogP contribution in [0, 0.1) is 0 Å². The van der Waals surface area contributed by atoms with E-state index in [1.807, 2.05) is 0 Å². The molecule has 1 atom stereocenters. The summed E-state index contributed by atoms with van der Waals surface area (Å²) in [5.41, 5.74) is 5.43. The van der Waals surface area contributed by atoms with Gasteiger partial charge in [0.15, 0.2) is 5.84 Å². The first kappa shape index (κ1) is 13.1. The number of carbonyl (C=O) groups excluding carboxylic acids is 1. The minimum atomic E-state index is -0.647. The van der Waals surface area contributed by atoms with Gasteiger partial charge < -0.3 is 21.4 Å². The predicted molar refractivity (Wildman–Crippen MR) is 63.5 cm³/mol. The molecule has 0 saturated heterocycles. The number of hydrogen-bond acceptors (Lipinski definition) is 4. The number of amidine groups is 1. The Labute approximate surface area is 103 Å². The van der Waals surface area contributed by atoms with E-state index in [0.717, 1.165) is 0 Å². The van der Waals surface area contributed by atoms with Gasteiger partial charge in [0.05, 0.1) is 16.6 Å². The SMILES string of the molecule is CC(NC(=O)c1cc(O)ccc1Cl)/C(N)=N/O. The number of nitrogens with two attached hydrogens (primary N) is 1. The summed E-state index contributed by atoms with van der Waals surface area (Å²) >= 11 is 5.81. The zero-order chi connectivity index (χ0) is 13.0. The number of carbonyl (C=O) groups is 1. The topological polar surface area (TPSA) is 108 Å². The minimum Gasteiger partial charge on any atom is -0.508 e. The number of benzene rings is 1. The van der Waals surface area contributed by atoms with Crippen molar-refractivity contribution in [3.8, 4) is 5.75 Å². The molecule has 6 nitrogen and oxygen atoms in total. The maximum Gasteiger partial charge on any atom is 0.253 e. The smallest absolute Gasteiger partial charge is 0.253 e. The van der Waals surface area contributed by atoms with Gasteiger partial charge >= 0.3 is 0 Å². The summed E-state index contributed by atoms with van der Waals surface area (Å²) in [5.74, 6) is -0.726. The lowest BCUT2D eigenvalue weighted by Gasteiger charge is -2.12. The number of aromatic hydroxyl groups is 1. The number of halogens is 1. The lowest BCUT2D eigenvalue weighted by Crippen LogP contribution is -2.42. The van der Waals surface area contributed by atoms with Gasteiger partial charge in [0, 0.05) is 0 Å². The molecular formula is C10H12ClN3O3. The fraction of sp³-hybridized carbons (Fsp3) is 0.200. The highest BCUT2D eigenvalue weighted by atomic mass is 35.5. The van der Waals surface area contributed by atoms with E-state index in [9.17, 15) is 9.90 Å². The Hall–Kier alpha value is -1.95.